The molecule has 0 saturated carbocycles. The number of carboxylic acid groups (broad SMARTS) is 2. The van der Waals surface area contributed by atoms with Crippen molar-refractivity contribution in [2.45, 2.75) is 56.3 Å². The maximum absolute atomic E-state index is 13.2. The van der Waals surface area contributed by atoms with Crippen LogP contribution in [0.5, 0.6) is 0 Å². The quantitative estimate of drug-likeness (QED) is 0.148. The molecule has 4 atom stereocenters. The number of carboxylic acids is 2. The van der Waals surface area contributed by atoms with Crippen LogP contribution in [-0.2, 0) is 30.4 Å². The highest BCUT2D eigenvalue weighted by atomic mass is 32.2. The molecule has 0 bridgehead atoms. The van der Waals surface area contributed by atoms with E-state index < -0.39 is 53.8 Å². The molecule has 0 aromatic heterocycles. The van der Waals surface area contributed by atoms with Gasteiger partial charge in [-0.25, -0.2) is 4.79 Å². The van der Waals surface area contributed by atoms with Crippen LogP contribution >= 0.6 is 23.5 Å². The van der Waals surface area contributed by atoms with Gasteiger partial charge in [0.2, 0.25) is 17.7 Å². The van der Waals surface area contributed by atoms with Gasteiger partial charge in [0.1, 0.15) is 18.1 Å². The lowest BCUT2D eigenvalue weighted by Crippen LogP contribution is -2.57. The van der Waals surface area contributed by atoms with Crippen molar-refractivity contribution in [3.05, 3.63) is 35.9 Å². The summed E-state index contributed by atoms with van der Waals surface area (Å²) in [6, 6.07) is 4.59. The Labute approximate surface area is 225 Å². The van der Waals surface area contributed by atoms with E-state index in [2.05, 4.69) is 16.0 Å². The molecule has 11 nitrogen and oxygen atoms in total. The molecule has 0 aliphatic carbocycles. The van der Waals surface area contributed by atoms with E-state index in [0.29, 0.717) is 11.5 Å². The fourth-order valence-corrected chi connectivity index (χ4v) is 4.23. The number of nitrogens with one attached hydrogen (secondary N) is 3. The van der Waals surface area contributed by atoms with Crippen molar-refractivity contribution in [3.8, 4) is 0 Å². The van der Waals surface area contributed by atoms with Crippen LogP contribution in [0.25, 0.3) is 0 Å². The standard InChI is InChI=1S/C24H36N4O7S2/c1-36-12-10-17(26-21(31)16(25)8-9-20(29)30)22(32)28-19(14-15-6-4-3-5-7-15)23(33)27-18(24(34)35)11-13-37-2/h3-7,16-19H,8-14,25H2,1-2H3,(H,26,31)(H,27,33)(H,28,32)(H,29,30)(H,34,35). The maximum Gasteiger partial charge on any atom is 0.326 e. The molecule has 0 fully saturated rings. The number of hydrogen-bond acceptors (Lipinski definition) is 8. The molecule has 1 rings (SSSR count). The molecule has 1 aromatic carbocycles. The van der Waals surface area contributed by atoms with Gasteiger partial charge in [-0.15, -0.1) is 0 Å². The Bertz CT molecular complexity index is 904. The van der Waals surface area contributed by atoms with Crippen molar-refractivity contribution in [2.75, 3.05) is 24.0 Å². The molecule has 4 unspecified atom stereocenters. The topological polar surface area (TPSA) is 188 Å². The Balaban J connectivity index is 3.05. The largest absolute Gasteiger partial charge is 0.481 e. The number of amides is 3. The summed E-state index contributed by atoms with van der Waals surface area (Å²) < 4.78 is 0. The second kappa shape index (κ2) is 17.6. The molecule has 0 heterocycles. The zero-order valence-corrected chi connectivity index (χ0v) is 22.6. The number of aliphatic carboxylic acids is 2. The lowest BCUT2D eigenvalue weighted by Gasteiger charge is -2.25. The molecular weight excluding hydrogens is 520 g/mol. The number of benzene rings is 1. The first kappa shape index (κ1) is 32.3. The molecule has 37 heavy (non-hydrogen) atoms. The van der Waals surface area contributed by atoms with Gasteiger partial charge in [0, 0.05) is 12.8 Å². The van der Waals surface area contributed by atoms with Gasteiger partial charge in [-0.1, -0.05) is 30.3 Å². The zero-order chi connectivity index (χ0) is 27.8. The summed E-state index contributed by atoms with van der Waals surface area (Å²) in [7, 11) is 0. The summed E-state index contributed by atoms with van der Waals surface area (Å²) in [4.78, 5) is 61.2. The van der Waals surface area contributed by atoms with Crippen LogP contribution in [0.15, 0.2) is 30.3 Å². The molecule has 3 amide bonds. The van der Waals surface area contributed by atoms with Crippen LogP contribution < -0.4 is 21.7 Å². The van der Waals surface area contributed by atoms with E-state index in [1.54, 1.807) is 24.3 Å². The van der Waals surface area contributed by atoms with Gasteiger partial charge in [-0.05, 0) is 48.8 Å². The number of nitrogens with two attached hydrogens (primary N) is 1. The number of thioether (sulfide) groups is 2. The summed E-state index contributed by atoms with van der Waals surface area (Å²) in [6.07, 6.45) is 3.84. The minimum atomic E-state index is -1.17. The smallest absolute Gasteiger partial charge is 0.326 e. The molecular formula is C24H36N4O7S2. The van der Waals surface area contributed by atoms with E-state index in [4.69, 9.17) is 10.8 Å². The van der Waals surface area contributed by atoms with E-state index in [1.807, 2.05) is 18.6 Å². The molecule has 0 spiro atoms. The van der Waals surface area contributed by atoms with Crippen molar-refractivity contribution in [2.24, 2.45) is 5.73 Å². The minimum Gasteiger partial charge on any atom is -0.481 e. The molecule has 13 heteroatoms. The normalized spacial score (nSPS) is 14.0. The molecule has 7 N–H and O–H groups in total. The van der Waals surface area contributed by atoms with Gasteiger partial charge in [-0.2, -0.15) is 23.5 Å². The van der Waals surface area contributed by atoms with Gasteiger partial charge in [0.15, 0.2) is 0 Å². The second-order valence-corrected chi connectivity index (χ2v) is 10.3. The predicted octanol–water partition coefficient (Wildman–Crippen LogP) is 0.466. The third-order valence-corrected chi connectivity index (χ3v) is 6.68. The third-order valence-electron chi connectivity index (χ3n) is 5.39. The van der Waals surface area contributed by atoms with Crippen molar-refractivity contribution in [1.29, 1.82) is 0 Å². The molecule has 1 aromatic rings. The highest BCUT2D eigenvalue weighted by molar-refractivity contribution is 7.98. The van der Waals surface area contributed by atoms with Crippen molar-refractivity contribution < 1.29 is 34.2 Å². The van der Waals surface area contributed by atoms with Crippen molar-refractivity contribution >= 4 is 53.2 Å². The SMILES string of the molecule is CSCCC(NC(=O)C(Cc1ccccc1)NC(=O)C(CCSC)NC(=O)C(N)CCC(=O)O)C(=O)O. The lowest BCUT2D eigenvalue weighted by molar-refractivity contribution is -0.142. The summed E-state index contributed by atoms with van der Waals surface area (Å²) in [5.41, 5.74) is 6.53. The number of rotatable bonds is 18. The predicted molar refractivity (Wildman–Crippen MR) is 144 cm³/mol. The highest BCUT2D eigenvalue weighted by Crippen LogP contribution is 2.08. The molecule has 0 aliphatic heterocycles. The maximum atomic E-state index is 13.2. The van der Waals surface area contributed by atoms with E-state index in [1.165, 1.54) is 23.5 Å². The first-order valence-corrected chi connectivity index (χ1v) is 14.5. The number of carbonyl (C=O) groups excluding carboxylic acids is 3. The van der Waals surface area contributed by atoms with Crippen LogP contribution in [0.2, 0.25) is 0 Å². The minimum absolute atomic E-state index is 0.0936. The van der Waals surface area contributed by atoms with Gasteiger partial charge in [-0.3, -0.25) is 19.2 Å². The molecule has 0 saturated heterocycles. The first-order chi connectivity index (χ1) is 17.6. The van der Waals surface area contributed by atoms with Crippen LogP contribution in [-0.4, -0.2) is 88.1 Å². The summed E-state index contributed by atoms with van der Waals surface area (Å²) in [5, 5.41) is 26.1. The second-order valence-electron chi connectivity index (χ2n) is 8.31. The van der Waals surface area contributed by atoms with E-state index in [-0.39, 0.29) is 32.1 Å². The van der Waals surface area contributed by atoms with Gasteiger partial charge < -0.3 is 31.9 Å². The van der Waals surface area contributed by atoms with E-state index in [9.17, 15) is 29.1 Å². The average Bonchev–Trinajstić information content (AvgIpc) is 2.87. The van der Waals surface area contributed by atoms with Crippen LogP contribution in [0.4, 0.5) is 0 Å². The number of carbonyl (C=O) groups is 5. The highest BCUT2D eigenvalue weighted by Gasteiger charge is 2.30. The van der Waals surface area contributed by atoms with E-state index in [0.717, 1.165) is 5.56 Å². The molecule has 0 radical (unpaired) electrons. The van der Waals surface area contributed by atoms with Gasteiger partial charge >= 0.3 is 11.9 Å². The fourth-order valence-electron chi connectivity index (χ4n) is 3.29. The van der Waals surface area contributed by atoms with Gasteiger partial charge in [0.25, 0.3) is 0 Å². The molecule has 206 valence electrons. The molecule has 0 aliphatic rings. The lowest BCUT2D eigenvalue weighted by atomic mass is 10.0. The average molecular weight is 557 g/mol. The van der Waals surface area contributed by atoms with Crippen molar-refractivity contribution in [1.82, 2.24) is 16.0 Å². The third kappa shape index (κ3) is 12.8. The Morgan fingerprint density at radius 2 is 1.30 bits per heavy atom. The Morgan fingerprint density at radius 3 is 1.84 bits per heavy atom. The van der Waals surface area contributed by atoms with Gasteiger partial charge in [0.05, 0.1) is 6.04 Å². The Kier molecular flexibility index (Phi) is 15.4. The van der Waals surface area contributed by atoms with Crippen LogP contribution in [0.3, 0.4) is 0 Å². The summed E-state index contributed by atoms with van der Waals surface area (Å²) >= 11 is 2.91. The van der Waals surface area contributed by atoms with Crippen molar-refractivity contribution in [3.63, 3.8) is 0 Å². The monoisotopic (exact) mass is 556 g/mol. The summed E-state index contributed by atoms with van der Waals surface area (Å²) in [5.74, 6) is -3.17. The fraction of sp³-hybridized carbons (Fsp3) is 0.542. The van der Waals surface area contributed by atoms with Crippen LogP contribution in [0.1, 0.15) is 31.2 Å². The number of hydrogen-bond donors (Lipinski definition) is 6. The van der Waals surface area contributed by atoms with E-state index >= 15 is 0 Å². The zero-order valence-electron chi connectivity index (χ0n) is 21.0. The summed E-state index contributed by atoms with van der Waals surface area (Å²) in [6.45, 7) is 0. The first-order valence-electron chi connectivity index (χ1n) is 11.7. The van der Waals surface area contributed by atoms with Crippen LogP contribution in [0, 0.1) is 0 Å². The Hall–Kier alpha value is -2.77. The Morgan fingerprint density at radius 1 is 0.784 bits per heavy atom.